The number of aryl methyl sites for hydroxylation is 2. The second kappa shape index (κ2) is 7.49. The monoisotopic (exact) mass is 365 g/mol. The number of nitrogens with zero attached hydrogens (tertiary/aromatic N) is 2. The Morgan fingerprint density at radius 3 is 2.93 bits per heavy atom. The van der Waals surface area contributed by atoms with Gasteiger partial charge in [-0.05, 0) is 37.1 Å². The zero-order valence-electron chi connectivity index (χ0n) is 14.9. The van der Waals surface area contributed by atoms with Crippen molar-refractivity contribution < 1.29 is 18.8 Å². The molecule has 0 fully saturated rings. The molecule has 7 nitrogen and oxygen atoms in total. The maximum atomic E-state index is 12.1. The summed E-state index contributed by atoms with van der Waals surface area (Å²) in [4.78, 5) is 16.4. The second-order valence-electron chi connectivity index (χ2n) is 6.35. The minimum absolute atomic E-state index is 0.0806. The fourth-order valence-electron chi connectivity index (χ4n) is 2.84. The van der Waals surface area contributed by atoms with Crippen LogP contribution in [0.1, 0.15) is 23.4 Å². The molecule has 1 aliphatic rings. The third kappa shape index (κ3) is 4.08. The minimum atomic E-state index is -0.0806. The molecule has 2 aromatic carbocycles. The zero-order valence-corrected chi connectivity index (χ0v) is 14.9. The van der Waals surface area contributed by atoms with E-state index in [2.05, 4.69) is 15.5 Å². The molecule has 0 aliphatic carbocycles. The minimum Gasteiger partial charge on any atom is -0.454 e. The molecule has 0 unspecified atom stereocenters. The van der Waals surface area contributed by atoms with Gasteiger partial charge in [0.25, 0.3) is 0 Å². The van der Waals surface area contributed by atoms with Crippen LogP contribution in [-0.2, 0) is 17.8 Å². The Morgan fingerprint density at radius 1 is 1.15 bits per heavy atom. The van der Waals surface area contributed by atoms with Gasteiger partial charge in [0.2, 0.25) is 24.4 Å². The topological polar surface area (TPSA) is 86.5 Å². The normalized spacial score (nSPS) is 12.2. The van der Waals surface area contributed by atoms with Crippen molar-refractivity contribution in [3.05, 3.63) is 59.5 Å². The standard InChI is InChI=1S/C20H19N3O4/c1-13-3-2-4-15(9-13)20-22-19(27-23-20)11-21-18(24)8-6-14-5-7-16-17(10-14)26-12-25-16/h2-5,7,9-10H,6,8,11-12H2,1H3,(H,21,24). The summed E-state index contributed by atoms with van der Waals surface area (Å²) in [5, 5.41) is 6.78. The SMILES string of the molecule is Cc1cccc(-c2noc(CNC(=O)CCc3ccc4c(c3)OCO4)n2)c1. The van der Waals surface area contributed by atoms with Crippen LogP contribution >= 0.6 is 0 Å². The van der Waals surface area contributed by atoms with Crippen molar-refractivity contribution in [3.63, 3.8) is 0 Å². The molecular weight excluding hydrogens is 346 g/mol. The maximum Gasteiger partial charge on any atom is 0.246 e. The number of nitrogens with one attached hydrogen (secondary N) is 1. The number of ether oxygens (including phenoxy) is 2. The van der Waals surface area contributed by atoms with E-state index in [0.29, 0.717) is 24.6 Å². The molecule has 0 atom stereocenters. The predicted octanol–water partition coefficient (Wildman–Crippen LogP) is 3.02. The molecular formula is C20H19N3O4. The summed E-state index contributed by atoms with van der Waals surface area (Å²) in [5.74, 6) is 2.28. The van der Waals surface area contributed by atoms with Crippen LogP contribution in [0.15, 0.2) is 47.0 Å². The van der Waals surface area contributed by atoms with Crippen LogP contribution < -0.4 is 14.8 Å². The Balaban J connectivity index is 1.28. The molecule has 0 saturated carbocycles. The summed E-state index contributed by atoms with van der Waals surface area (Å²) < 4.78 is 15.8. The summed E-state index contributed by atoms with van der Waals surface area (Å²) in [6.45, 7) is 2.46. The van der Waals surface area contributed by atoms with Crippen molar-refractivity contribution >= 4 is 5.91 Å². The number of aromatic nitrogens is 2. The molecule has 4 rings (SSSR count). The first-order chi connectivity index (χ1) is 13.2. The highest BCUT2D eigenvalue weighted by Gasteiger charge is 2.14. The molecule has 138 valence electrons. The fourth-order valence-corrected chi connectivity index (χ4v) is 2.84. The Morgan fingerprint density at radius 2 is 2.04 bits per heavy atom. The van der Waals surface area contributed by atoms with Gasteiger partial charge in [-0.15, -0.1) is 0 Å². The van der Waals surface area contributed by atoms with E-state index < -0.39 is 0 Å². The van der Waals surface area contributed by atoms with E-state index in [1.807, 2.05) is 49.4 Å². The predicted molar refractivity (Wildman–Crippen MR) is 97.2 cm³/mol. The van der Waals surface area contributed by atoms with Gasteiger partial charge in [-0.25, -0.2) is 0 Å². The van der Waals surface area contributed by atoms with Gasteiger partial charge in [0.05, 0.1) is 6.54 Å². The number of rotatable bonds is 6. The van der Waals surface area contributed by atoms with Crippen LogP contribution in [0.4, 0.5) is 0 Å². The van der Waals surface area contributed by atoms with Gasteiger partial charge in [0.1, 0.15) is 0 Å². The van der Waals surface area contributed by atoms with E-state index in [1.54, 1.807) is 0 Å². The van der Waals surface area contributed by atoms with Gasteiger partial charge in [-0.2, -0.15) is 4.98 Å². The van der Waals surface area contributed by atoms with E-state index in [9.17, 15) is 4.79 Å². The summed E-state index contributed by atoms with van der Waals surface area (Å²) in [6.07, 6.45) is 0.972. The number of carbonyl (C=O) groups excluding carboxylic acids is 1. The highest BCUT2D eigenvalue weighted by atomic mass is 16.7. The Bertz CT molecular complexity index is 967. The first kappa shape index (κ1) is 17.1. The Labute approximate surface area is 156 Å². The molecule has 1 amide bonds. The van der Waals surface area contributed by atoms with E-state index in [-0.39, 0.29) is 19.2 Å². The van der Waals surface area contributed by atoms with Crippen LogP contribution in [0.25, 0.3) is 11.4 Å². The molecule has 2 heterocycles. The molecule has 0 bridgehead atoms. The van der Waals surface area contributed by atoms with E-state index in [0.717, 1.165) is 28.2 Å². The van der Waals surface area contributed by atoms with Crippen molar-refractivity contribution in [1.82, 2.24) is 15.5 Å². The molecule has 1 aliphatic heterocycles. The van der Waals surface area contributed by atoms with Crippen molar-refractivity contribution in [2.75, 3.05) is 6.79 Å². The largest absolute Gasteiger partial charge is 0.454 e. The Kier molecular flexibility index (Phi) is 4.74. The van der Waals surface area contributed by atoms with E-state index in [1.165, 1.54) is 0 Å². The summed E-state index contributed by atoms with van der Waals surface area (Å²) in [6, 6.07) is 13.6. The molecule has 27 heavy (non-hydrogen) atoms. The quantitative estimate of drug-likeness (QED) is 0.723. The molecule has 0 spiro atoms. The maximum absolute atomic E-state index is 12.1. The lowest BCUT2D eigenvalue weighted by molar-refractivity contribution is -0.121. The third-order valence-electron chi connectivity index (χ3n) is 4.26. The van der Waals surface area contributed by atoms with Gasteiger partial charge in [-0.1, -0.05) is 35.0 Å². The van der Waals surface area contributed by atoms with Gasteiger partial charge in [-0.3, -0.25) is 4.79 Å². The van der Waals surface area contributed by atoms with Crippen LogP contribution in [0.5, 0.6) is 11.5 Å². The lowest BCUT2D eigenvalue weighted by Crippen LogP contribution is -2.23. The third-order valence-corrected chi connectivity index (χ3v) is 4.26. The number of hydrogen-bond donors (Lipinski definition) is 1. The van der Waals surface area contributed by atoms with Gasteiger partial charge >= 0.3 is 0 Å². The first-order valence-electron chi connectivity index (χ1n) is 8.72. The van der Waals surface area contributed by atoms with E-state index >= 15 is 0 Å². The van der Waals surface area contributed by atoms with Crippen molar-refractivity contribution in [3.8, 4) is 22.9 Å². The summed E-state index contributed by atoms with van der Waals surface area (Å²) in [7, 11) is 0. The highest BCUT2D eigenvalue weighted by Crippen LogP contribution is 2.32. The highest BCUT2D eigenvalue weighted by molar-refractivity contribution is 5.76. The number of hydrogen-bond acceptors (Lipinski definition) is 6. The molecule has 0 radical (unpaired) electrons. The Hall–Kier alpha value is -3.35. The molecule has 3 aromatic rings. The molecule has 1 aromatic heterocycles. The van der Waals surface area contributed by atoms with Crippen LogP contribution in [0, 0.1) is 6.92 Å². The summed E-state index contributed by atoms with van der Waals surface area (Å²) >= 11 is 0. The van der Waals surface area contributed by atoms with Crippen LogP contribution in [-0.4, -0.2) is 22.8 Å². The lowest BCUT2D eigenvalue weighted by atomic mass is 10.1. The molecule has 1 N–H and O–H groups in total. The molecule has 7 heteroatoms. The number of carbonyl (C=O) groups is 1. The average molecular weight is 365 g/mol. The van der Waals surface area contributed by atoms with Crippen molar-refractivity contribution in [2.24, 2.45) is 0 Å². The van der Waals surface area contributed by atoms with E-state index in [4.69, 9.17) is 14.0 Å². The second-order valence-corrected chi connectivity index (χ2v) is 6.35. The van der Waals surface area contributed by atoms with Gasteiger partial charge in [0.15, 0.2) is 11.5 Å². The summed E-state index contributed by atoms with van der Waals surface area (Å²) in [5.41, 5.74) is 3.03. The molecule has 0 saturated heterocycles. The first-order valence-corrected chi connectivity index (χ1v) is 8.72. The van der Waals surface area contributed by atoms with Gasteiger partial charge < -0.3 is 19.3 Å². The van der Waals surface area contributed by atoms with Crippen molar-refractivity contribution in [2.45, 2.75) is 26.3 Å². The zero-order chi connectivity index (χ0) is 18.6. The smallest absolute Gasteiger partial charge is 0.246 e. The van der Waals surface area contributed by atoms with Crippen molar-refractivity contribution in [1.29, 1.82) is 0 Å². The van der Waals surface area contributed by atoms with Gasteiger partial charge in [0, 0.05) is 12.0 Å². The number of benzene rings is 2. The fraction of sp³-hybridized carbons (Fsp3) is 0.250. The number of amides is 1. The lowest BCUT2D eigenvalue weighted by Gasteiger charge is -2.04. The average Bonchev–Trinajstić information content (AvgIpc) is 3.33. The van der Waals surface area contributed by atoms with Crippen LogP contribution in [0.2, 0.25) is 0 Å². The number of fused-ring (bicyclic) bond motifs is 1. The van der Waals surface area contributed by atoms with Crippen LogP contribution in [0.3, 0.4) is 0 Å².